The molecular weight excluding hydrogens is 240 g/mol. The highest BCUT2D eigenvalue weighted by atomic mass is 16.5. The van der Waals surface area contributed by atoms with Crippen molar-refractivity contribution in [3.63, 3.8) is 0 Å². The van der Waals surface area contributed by atoms with Gasteiger partial charge < -0.3 is 15.4 Å². The van der Waals surface area contributed by atoms with Crippen molar-refractivity contribution in [3.8, 4) is 11.8 Å². The Bertz CT molecular complexity index is 576. The predicted molar refractivity (Wildman–Crippen MR) is 76.8 cm³/mol. The predicted octanol–water partition coefficient (Wildman–Crippen LogP) is 2.53. The van der Waals surface area contributed by atoms with E-state index >= 15 is 0 Å². The van der Waals surface area contributed by atoms with Gasteiger partial charge in [-0.3, -0.25) is 0 Å². The minimum Gasteiger partial charge on any atom is -0.422 e. The van der Waals surface area contributed by atoms with Crippen LogP contribution in [0.4, 0.5) is 11.4 Å². The number of aryl methyl sites for hydroxylation is 2. The number of hydrogen-bond acceptors (Lipinski definition) is 5. The van der Waals surface area contributed by atoms with Crippen LogP contribution in [0.1, 0.15) is 11.4 Å². The molecule has 100 valence electrons. The van der Waals surface area contributed by atoms with Crippen LogP contribution in [0.25, 0.3) is 0 Å². The first-order chi connectivity index (χ1) is 8.95. The molecule has 2 aromatic rings. The fourth-order valence-corrected chi connectivity index (χ4v) is 1.73. The summed E-state index contributed by atoms with van der Waals surface area (Å²) in [6, 6.07) is 7.83. The molecule has 0 saturated heterocycles. The Morgan fingerprint density at radius 3 is 2.26 bits per heavy atom. The van der Waals surface area contributed by atoms with Crippen molar-refractivity contribution in [2.45, 2.75) is 13.8 Å². The van der Waals surface area contributed by atoms with Gasteiger partial charge in [-0.1, -0.05) is 0 Å². The summed E-state index contributed by atoms with van der Waals surface area (Å²) in [5.41, 5.74) is 9.22. The summed E-state index contributed by atoms with van der Waals surface area (Å²) in [6.45, 7) is 3.81. The van der Waals surface area contributed by atoms with Gasteiger partial charge in [-0.2, -0.15) is 0 Å². The lowest BCUT2D eigenvalue weighted by Crippen LogP contribution is -2.09. The van der Waals surface area contributed by atoms with Crippen LogP contribution < -0.4 is 15.4 Å². The molecule has 2 N–H and O–H groups in total. The normalized spacial score (nSPS) is 10.3. The maximum Gasteiger partial charge on any atom is 0.322 e. The number of nitrogen functional groups attached to an aromatic ring is 1. The molecule has 0 amide bonds. The Morgan fingerprint density at radius 2 is 1.68 bits per heavy atom. The van der Waals surface area contributed by atoms with Gasteiger partial charge in [0.1, 0.15) is 0 Å². The van der Waals surface area contributed by atoms with Gasteiger partial charge in [-0.15, -0.1) is 0 Å². The van der Waals surface area contributed by atoms with Crippen molar-refractivity contribution >= 4 is 11.4 Å². The van der Waals surface area contributed by atoms with Crippen molar-refractivity contribution in [1.82, 2.24) is 9.97 Å². The molecule has 0 atom stereocenters. The Balaban J connectivity index is 2.34. The van der Waals surface area contributed by atoms with E-state index < -0.39 is 0 Å². The van der Waals surface area contributed by atoms with E-state index in [2.05, 4.69) is 9.97 Å². The summed E-state index contributed by atoms with van der Waals surface area (Å²) in [4.78, 5) is 10.5. The molecule has 1 aromatic heterocycles. The number of ether oxygens (including phenoxy) is 1. The van der Waals surface area contributed by atoms with E-state index in [1.807, 2.05) is 57.1 Å². The third-order valence-corrected chi connectivity index (χ3v) is 2.68. The average Bonchev–Trinajstić information content (AvgIpc) is 2.30. The number of anilines is 2. The molecular formula is C14H18N4O. The van der Waals surface area contributed by atoms with E-state index in [1.165, 1.54) is 0 Å². The number of rotatable bonds is 3. The summed E-state index contributed by atoms with van der Waals surface area (Å²) in [5.74, 6) is 0.566. The molecule has 0 radical (unpaired) electrons. The van der Waals surface area contributed by atoms with E-state index in [4.69, 9.17) is 10.5 Å². The largest absolute Gasteiger partial charge is 0.422 e. The van der Waals surface area contributed by atoms with Crippen LogP contribution in [0.15, 0.2) is 24.3 Å². The van der Waals surface area contributed by atoms with Crippen LogP contribution in [-0.4, -0.2) is 24.1 Å². The first-order valence-electron chi connectivity index (χ1n) is 6.02. The summed E-state index contributed by atoms with van der Waals surface area (Å²) in [7, 11) is 3.92. The second-order valence-electron chi connectivity index (χ2n) is 4.65. The summed E-state index contributed by atoms with van der Waals surface area (Å²) >= 11 is 0. The van der Waals surface area contributed by atoms with Gasteiger partial charge in [0.2, 0.25) is 0 Å². The highest BCUT2D eigenvalue weighted by Crippen LogP contribution is 2.29. The first-order valence-corrected chi connectivity index (χ1v) is 6.02. The van der Waals surface area contributed by atoms with E-state index in [0.29, 0.717) is 17.4 Å². The molecule has 19 heavy (non-hydrogen) atoms. The fraction of sp³-hybridized carbons (Fsp3) is 0.286. The zero-order chi connectivity index (χ0) is 14.0. The topological polar surface area (TPSA) is 64.3 Å². The number of benzene rings is 1. The van der Waals surface area contributed by atoms with Crippen LogP contribution in [-0.2, 0) is 0 Å². The van der Waals surface area contributed by atoms with Crippen LogP contribution in [0.2, 0.25) is 0 Å². The number of aromatic nitrogens is 2. The zero-order valence-corrected chi connectivity index (χ0v) is 11.6. The molecule has 0 unspecified atom stereocenters. The average molecular weight is 258 g/mol. The SMILES string of the molecule is Cc1cc(C)nc(Oc2cc(N(C)C)ccc2N)n1. The van der Waals surface area contributed by atoms with Crippen molar-refractivity contribution in [2.75, 3.05) is 24.7 Å². The highest BCUT2D eigenvalue weighted by Gasteiger charge is 2.08. The van der Waals surface area contributed by atoms with Crippen LogP contribution >= 0.6 is 0 Å². The molecule has 5 nitrogen and oxygen atoms in total. The third kappa shape index (κ3) is 3.13. The molecule has 1 aromatic carbocycles. The number of hydrogen-bond donors (Lipinski definition) is 1. The molecule has 0 aliphatic carbocycles. The van der Waals surface area contributed by atoms with Gasteiger partial charge in [0, 0.05) is 37.2 Å². The summed E-state index contributed by atoms with van der Waals surface area (Å²) in [5, 5.41) is 0. The minimum atomic E-state index is 0.320. The van der Waals surface area contributed by atoms with Gasteiger partial charge in [0.25, 0.3) is 0 Å². The second kappa shape index (κ2) is 5.14. The van der Waals surface area contributed by atoms with Gasteiger partial charge in [0.15, 0.2) is 5.75 Å². The van der Waals surface area contributed by atoms with E-state index in [-0.39, 0.29) is 0 Å². The molecule has 0 fully saturated rings. The highest BCUT2D eigenvalue weighted by molar-refractivity contribution is 5.62. The summed E-state index contributed by atoms with van der Waals surface area (Å²) in [6.07, 6.45) is 0. The molecule has 2 rings (SSSR count). The van der Waals surface area contributed by atoms with Crippen LogP contribution in [0, 0.1) is 13.8 Å². The van der Waals surface area contributed by atoms with Gasteiger partial charge in [-0.25, -0.2) is 9.97 Å². The molecule has 1 heterocycles. The third-order valence-electron chi connectivity index (χ3n) is 2.68. The maximum atomic E-state index is 5.91. The maximum absolute atomic E-state index is 5.91. The lowest BCUT2D eigenvalue weighted by molar-refractivity contribution is 0.441. The molecule has 0 aliphatic heterocycles. The second-order valence-corrected chi connectivity index (χ2v) is 4.65. The van der Waals surface area contributed by atoms with Gasteiger partial charge >= 0.3 is 6.01 Å². The minimum absolute atomic E-state index is 0.320. The van der Waals surface area contributed by atoms with E-state index in [9.17, 15) is 0 Å². The van der Waals surface area contributed by atoms with Crippen molar-refractivity contribution < 1.29 is 4.74 Å². The van der Waals surface area contributed by atoms with E-state index in [1.54, 1.807) is 0 Å². The number of nitrogens with zero attached hydrogens (tertiary/aromatic N) is 3. The molecule has 0 aliphatic rings. The Morgan fingerprint density at radius 1 is 1.05 bits per heavy atom. The van der Waals surface area contributed by atoms with Crippen molar-refractivity contribution in [3.05, 3.63) is 35.7 Å². The van der Waals surface area contributed by atoms with Crippen molar-refractivity contribution in [2.24, 2.45) is 0 Å². The Kier molecular flexibility index (Phi) is 3.55. The smallest absolute Gasteiger partial charge is 0.322 e. The Hall–Kier alpha value is -2.30. The molecule has 0 bridgehead atoms. The zero-order valence-electron chi connectivity index (χ0n) is 11.6. The lowest BCUT2D eigenvalue weighted by atomic mass is 10.2. The lowest BCUT2D eigenvalue weighted by Gasteiger charge is -2.15. The van der Waals surface area contributed by atoms with Gasteiger partial charge in [0.05, 0.1) is 5.69 Å². The molecule has 0 saturated carbocycles. The van der Waals surface area contributed by atoms with Crippen LogP contribution in [0.5, 0.6) is 11.8 Å². The summed E-state index contributed by atoms with van der Waals surface area (Å²) < 4.78 is 5.69. The standard InChI is InChI=1S/C14H18N4O/c1-9-7-10(2)17-14(16-9)19-13-8-11(18(3)4)5-6-12(13)15/h5-8H,15H2,1-4H3. The molecule has 5 heteroatoms. The van der Waals surface area contributed by atoms with Gasteiger partial charge in [-0.05, 0) is 32.0 Å². The first kappa shape index (κ1) is 13.1. The Labute approximate surface area is 113 Å². The van der Waals surface area contributed by atoms with Crippen molar-refractivity contribution in [1.29, 1.82) is 0 Å². The van der Waals surface area contributed by atoms with E-state index in [0.717, 1.165) is 17.1 Å². The quantitative estimate of drug-likeness (QED) is 0.857. The fourth-order valence-electron chi connectivity index (χ4n) is 1.73. The number of nitrogens with two attached hydrogens (primary N) is 1. The molecule has 0 spiro atoms. The monoisotopic (exact) mass is 258 g/mol. The van der Waals surface area contributed by atoms with Crippen LogP contribution in [0.3, 0.4) is 0 Å².